The first-order valence-electron chi connectivity index (χ1n) is 8.90. The van der Waals surface area contributed by atoms with Gasteiger partial charge in [0, 0.05) is 20.8 Å². The van der Waals surface area contributed by atoms with Gasteiger partial charge in [0.1, 0.15) is 5.75 Å². The number of hydrogen-bond acceptors (Lipinski definition) is 11. The first-order valence-corrected chi connectivity index (χ1v) is 8.90. The van der Waals surface area contributed by atoms with Crippen molar-refractivity contribution in [2.24, 2.45) is 0 Å². The second kappa shape index (κ2) is 9.92. The maximum atomic E-state index is 12.3. The minimum Gasteiger partial charge on any atom is -0.467 e. The number of nitrogen functional groups attached to an aromatic ring is 1. The number of nitrogens with two attached hydrogens (primary N) is 1. The third-order valence-corrected chi connectivity index (χ3v) is 4.00. The Morgan fingerprint density at radius 3 is 1.93 bits per heavy atom. The molecular weight excluding hydrogens is 402 g/mol. The summed E-state index contributed by atoms with van der Waals surface area (Å²) in [6.07, 6.45) is -7.26. The molecule has 2 N–H and O–H groups in total. The summed E-state index contributed by atoms with van der Waals surface area (Å²) in [6.45, 7) is 3.31. The second-order valence-corrected chi connectivity index (χ2v) is 6.33. The van der Waals surface area contributed by atoms with Gasteiger partial charge in [-0.3, -0.25) is 14.4 Å². The largest absolute Gasteiger partial charge is 0.467 e. The molecule has 0 aromatic heterocycles. The zero-order chi connectivity index (χ0) is 22.4. The molecule has 30 heavy (non-hydrogen) atoms. The van der Waals surface area contributed by atoms with Crippen molar-refractivity contribution in [3.63, 3.8) is 0 Å². The normalized spacial score (nSPS) is 25.5. The highest BCUT2D eigenvalue weighted by molar-refractivity contribution is 5.77. The number of carbonyl (C=O) groups excluding carboxylic acids is 4. The lowest BCUT2D eigenvalue weighted by Gasteiger charge is -2.43. The standard InChI is InChI=1S/C19H23NO10/c1-9(21)26-14-15(27-10(2)22)17(28-11(3)23)19(30-16(14)18(24)25-4)29-13-8-6-5-7-12(13)20/h5-8,14-17,19H,20H2,1-4H3/t14-,15+,16?,17?,19+/m0/s1. The lowest BCUT2D eigenvalue weighted by Crippen LogP contribution is -2.64. The summed E-state index contributed by atoms with van der Waals surface area (Å²) in [6, 6.07) is 6.39. The number of ether oxygens (including phenoxy) is 6. The Bertz CT molecular complexity index is 810. The molecule has 11 nitrogen and oxygen atoms in total. The predicted molar refractivity (Wildman–Crippen MR) is 98.8 cm³/mol. The number of carbonyl (C=O) groups is 4. The fourth-order valence-corrected chi connectivity index (χ4v) is 2.89. The van der Waals surface area contributed by atoms with Crippen LogP contribution in [0.25, 0.3) is 0 Å². The van der Waals surface area contributed by atoms with Crippen LogP contribution in [0.1, 0.15) is 20.8 Å². The molecule has 1 fully saturated rings. The molecule has 1 aliphatic rings. The van der Waals surface area contributed by atoms with Crippen molar-refractivity contribution in [1.82, 2.24) is 0 Å². The number of esters is 4. The molecule has 5 atom stereocenters. The van der Waals surface area contributed by atoms with Gasteiger partial charge in [0.25, 0.3) is 0 Å². The molecule has 2 unspecified atom stereocenters. The van der Waals surface area contributed by atoms with Crippen LogP contribution in [0.3, 0.4) is 0 Å². The van der Waals surface area contributed by atoms with Crippen LogP contribution >= 0.6 is 0 Å². The predicted octanol–water partition coefficient (Wildman–Crippen LogP) is 0.341. The topological polar surface area (TPSA) is 150 Å². The van der Waals surface area contributed by atoms with Crippen molar-refractivity contribution >= 4 is 29.6 Å². The zero-order valence-corrected chi connectivity index (χ0v) is 16.9. The highest BCUT2D eigenvalue weighted by Crippen LogP contribution is 2.32. The van der Waals surface area contributed by atoms with E-state index in [0.717, 1.165) is 27.9 Å². The van der Waals surface area contributed by atoms with E-state index in [4.69, 9.17) is 34.2 Å². The summed E-state index contributed by atoms with van der Waals surface area (Å²) in [5, 5.41) is 0. The molecule has 1 aromatic rings. The number of hydrogen-bond donors (Lipinski definition) is 1. The van der Waals surface area contributed by atoms with E-state index >= 15 is 0 Å². The zero-order valence-electron chi connectivity index (χ0n) is 16.9. The van der Waals surface area contributed by atoms with Crippen LogP contribution in [0.2, 0.25) is 0 Å². The van der Waals surface area contributed by atoms with Gasteiger partial charge in [0.2, 0.25) is 12.4 Å². The Morgan fingerprint density at radius 2 is 1.40 bits per heavy atom. The molecule has 1 aromatic carbocycles. The fourth-order valence-electron chi connectivity index (χ4n) is 2.89. The Hall–Kier alpha value is -3.34. The number of para-hydroxylation sites is 2. The summed E-state index contributed by atoms with van der Waals surface area (Å²) < 4.78 is 31.7. The van der Waals surface area contributed by atoms with E-state index < -0.39 is 54.6 Å². The number of benzene rings is 1. The molecule has 11 heteroatoms. The van der Waals surface area contributed by atoms with Gasteiger partial charge in [-0.25, -0.2) is 4.79 Å². The van der Waals surface area contributed by atoms with Crippen molar-refractivity contribution in [2.75, 3.05) is 12.8 Å². The van der Waals surface area contributed by atoms with Gasteiger partial charge in [-0.15, -0.1) is 0 Å². The van der Waals surface area contributed by atoms with Gasteiger partial charge in [0.05, 0.1) is 12.8 Å². The molecule has 2 rings (SSSR count). The molecule has 0 aliphatic carbocycles. The van der Waals surface area contributed by atoms with Gasteiger partial charge < -0.3 is 34.2 Å². The fraction of sp³-hybridized carbons (Fsp3) is 0.474. The summed E-state index contributed by atoms with van der Waals surface area (Å²) in [5.74, 6) is -3.08. The van der Waals surface area contributed by atoms with Crippen LogP contribution in [-0.4, -0.2) is 61.7 Å². The van der Waals surface area contributed by atoms with E-state index in [0.29, 0.717) is 0 Å². The van der Waals surface area contributed by atoms with Crippen LogP contribution in [0, 0.1) is 0 Å². The maximum Gasteiger partial charge on any atom is 0.339 e. The first kappa shape index (κ1) is 22.9. The molecule has 0 saturated carbocycles. The summed E-state index contributed by atoms with van der Waals surface area (Å²) in [4.78, 5) is 47.4. The molecular formula is C19H23NO10. The van der Waals surface area contributed by atoms with Gasteiger partial charge in [-0.05, 0) is 12.1 Å². The molecule has 0 spiro atoms. The monoisotopic (exact) mass is 425 g/mol. The van der Waals surface area contributed by atoms with Crippen molar-refractivity contribution < 1.29 is 47.6 Å². The summed E-state index contributed by atoms with van der Waals surface area (Å²) in [5.41, 5.74) is 6.12. The van der Waals surface area contributed by atoms with E-state index in [1.54, 1.807) is 18.2 Å². The molecule has 0 bridgehead atoms. The highest BCUT2D eigenvalue weighted by atomic mass is 16.7. The van der Waals surface area contributed by atoms with E-state index in [9.17, 15) is 19.2 Å². The van der Waals surface area contributed by atoms with Crippen molar-refractivity contribution in [3.8, 4) is 5.75 Å². The minimum absolute atomic E-state index is 0.163. The third-order valence-electron chi connectivity index (χ3n) is 4.00. The van der Waals surface area contributed by atoms with Crippen molar-refractivity contribution in [3.05, 3.63) is 24.3 Å². The van der Waals surface area contributed by atoms with Crippen molar-refractivity contribution in [1.29, 1.82) is 0 Å². The van der Waals surface area contributed by atoms with Crippen LogP contribution in [0.4, 0.5) is 5.69 Å². The van der Waals surface area contributed by atoms with Gasteiger partial charge in [0.15, 0.2) is 18.3 Å². The Labute approximate surface area is 172 Å². The third kappa shape index (κ3) is 5.60. The molecule has 1 aliphatic heterocycles. The van der Waals surface area contributed by atoms with Crippen LogP contribution in [0.5, 0.6) is 5.75 Å². The SMILES string of the molecule is COC(=O)C1O[C@@H](Oc2ccccc2N)C(OC(C)=O)[C@H](OC(C)=O)[C@@H]1OC(C)=O. The average molecular weight is 425 g/mol. The Balaban J connectivity index is 2.51. The van der Waals surface area contributed by atoms with E-state index in [-0.39, 0.29) is 11.4 Å². The van der Waals surface area contributed by atoms with E-state index in [2.05, 4.69) is 0 Å². The molecule has 1 saturated heterocycles. The van der Waals surface area contributed by atoms with Crippen LogP contribution in [-0.2, 0) is 42.9 Å². The highest BCUT2D eigenvalue weighted by Gasteiger charge is 2.55. The summed E-state index contributed by atoms with van der Waals surface area (Å²) >= 11 is 0. The Morgan fingerprint density at radius 1 is 0.867 bits per heavy atom. The molecule has 1 heterocycles. The second-order valence-electron chi connectivity index (χ2n) is 6.33. The number of anilines is 1. The van der Waals surface area contributed by atoms with E-state index in [1.807, 2.05) is 0 Å². The molecule has 0 amide bonds. The molecule has 164 valence electrons. The maximum absolute atomic E-state index is 12.3. The first-order chi connectivity index (χ1) is 14.1. The number of rotatable bonds is 6. The lowest BCUT2D eigenvalue weighted by atomic mass is 9.97. The number of methoxy groups -OCH3 is 1. The van der Waals surface area contributed by atoms with Gasteiger partial charge >= 0.3 is 23.9 Å². The van der Waals surface area contributed by atoms with Crippen LogP contribution in [0.15, 0.2) is 24.3 Å². The van der Waals surface area contributed by atoms with E-state index in [1.165, 1.54) is 6.07 Å². The molecule has 0 radical (unpaired) electrons. The smallest absolute Gasteiger partial charge is 0.339 e. The quantitative estimate of drug-likeness (QED) is 0.382. The van der Waals surface area contributed by atoms with Crippen LogP contribution < -0.4 is 10.5 Å². The minimum atomic E-state index is -1.54. The van der Waals surface area contributed by atoms with Gasteiger partial charge in [-0.1, -0.05) is 12.1 Å². The van der Waals surface area contributed by atoms with Gasteiger partial charge in [-0.2, -0.15) is 0 Å². The summed E-state index contributed by atoms with van der Waals surface area (Å²) in [7, 11) is 1.10. The Kier molecular flexibility index (Phi) is 7.59. The van der Waals surface area contributed by atoms with Crippen molar-refractivity contribution in [2.45, 2.75) is 51.5 Å². The lowest BCUT2D eigenvalue weighted by molar-refractivity contribution is -0.282. The average Bonchev–Trinajstić information content (AvgIpc) is 2.66.